The van der Waals surface area contributed by atoms with Gasteiger partial charge in [0.1, 0.15) is 0 Å². The van der Waals surface area contributed by atoms with Crippen LogP contribution >= 0.6 is 63.7 Å². The fourth-order valence-corrected chi connectivity index (χ4v) is 5.77. The lowest BCUT2D eigenvalue weighted by Gasteiger charge is -2.13. The van der Waals surface area contributed by atoms with Gasteiger partial charge in [-0.15, -0.1) is 0 Å². The molecule has 0 amide bonds. The van der Waals surface area contributed by atoms with Crippen LogP contribution < -0.4 is 4.72 Å². The summed E-state index contributed by atoms with van der Waals surface area (Å²) in [4.78, 5) is 0.213. The summed E-state index contributed by atoms with van der Waals surface area (Å²) in [6.07, 6.45) is 0. The summed E-state index contributed by atoms with van der Waals surface area (Å²) in [5.41, 5.74) is 1.31. The van der Waals surface area contributed by atoms with E-state index in [9.17, 15) is 8.42 Å². The molecule has 1 N–H and O–H groups in total. The van der Waals surface area contributed by atoms with Crippen molar-refractivity contribution in [2.24, 2.45) is 0 Å². The third kappa shape index (κ3) is 4.10. The van der Waals surface area contributed by atoms with Crippen LogP contribution in [0, 0.1) is 6.92 Å². The van der Waals surface area contributed by atoms with Gasteiger partial charge in [-0.1, -0.05) is 31.9 Å². The summed E-state index contributed by atoms with van der Waals surface area (Å²) in [7, 11) is -3.66. The van der Waals surface area contributed by atoms with Gasteiger partial charge in [0.15, 0.2) is 0 Å². The molecule has 0 fully saturated rings. The number of hydrogen-bond donors (Lipinski definition) is 1. The minimum Gasteiger partial charge on any atom is -0.277 e. The van der Waals surface area contributed by atoms with Crippen LogP contribution in [0.1, 0.15) is 5.56 Å². The van der Waals surface area contributed by atoms with Crippen molar-refractivity contribution in [2.75, 3.05) is 4.72 Å². The molecule has 0 saturated carbocycles. The van der Waals surface area contributed by atoms with Gasteiger partial charge in [0.05, 0.1) is 10.6 Å². The molecule has 0 aliphatic carbocycles. The molecule has 2 rings (SSSR count). The summed E-state index contributed by atoms with van der Waals surface area (Å²) in [6.45, 7) is 1.84. The Morgan fingerprint density at radius 3 is 2.00 bits per heavy atom. The van der Waals surface area contributed by atoms with Crippen molar-refractivity contribution in [1.82, 2.24) is 0 Å². The molecule has 0 aliphatic rings. The molecular formula is C13H9Br4NO2S. The quantitative estimate of drug-likeness (QED) is 0.511. The largest absolute Gasteiger partial charge is 0.277 e. The average Bonchev–Trinajstić information content (AvgIpc) is 2.37. The zero-order chi connectivity index (χ0) is 15.8. The highest BCUT2D eigenvalue weighted by Gasteiger charge is 2.18. The first-order valence-electron chi connectivity index (χ1n) is 5.64. The third-order valence-electron chi connectivity index (χ3n) is 2.68. The lowest BCUT2D eigenvalue weighted by Crippen LogP contribution is -2.14. The Hall–Kier alpha value is 0.110. The summed E-state index contributed by atoms with van der Waals surface area (Å²) in [5, 5.41) is 0. The molecule has 0 unspecified atom stereocenters. The van der Waals surface area contributed by atoms with E-state index in [1.807, 2.05) is 6.92 Å². The van der Waals surface area contributed by atoms with Crippen molar-refractivity contribution < 1.29 is 8.42 Å². The maximum Gasteiger partial charge on any atom is 0.261 e. The van der Waals surface area contributed by atoms with Gasteiger partial charge in [-0.05, 0) is 74.7 Å². The highest BCUT2D eigenvalue weighted by molar-refractivity contribution is 9.11. The SMILES string of the molecule is Cc1cc(S(=O)(=O)Nc2c(Br)cc(Br)cc2Br)ccc1Br. The van der Waals surface area contributed by atoms with Gasteiger partial charge in [-0.3, -0.25) is 4.72 Å². The van der Waals surface area contributed by atoms with Crippen LogP contribution in [0.3, 0.4) is 0 Å². The predicted octanol–water partition coefficient (Wildman–Crippen LogP) is 5.85. The second kappa shape index (κ2) is 6.70. The van der Waals surface area contributed by atoms with E-state index in [1.54, 1.807) is 30.3 Å². The minimum atomic E-state index is -3.66. The van der Waals surface area contributed by atoms with Crippen molar-refractivity contribution in [1.29, 1.82) is 0 Å². The van der Waals surface area contributed by atoms with E-state index >= 15 is 0 Å². The lowest BCUT2D eigenvalue weighted by atomic mass is 10.2. The summed E-state index contributed by atoms with van der Waals surface area (Å²) >= 11 is 13.4. The topological polar surface area (TPSA) is 46.2 Å². The predicted molar refractivity (Wildman–Crippen MR) is 99.2 cm³/mol. The molecule has 0 saturated heterocycles. The van der Waals surface area contributed by atoms with E-state index in [0.29, 0.717) is 14.6 Å². The molecule has 2 aromatic rings. The van der Waals surface area contributed by atoms with Crippen LogP contribution in [0.5, 0.6) is 0 Å². The number of sulfonamides is 1. The van der Waals surface area contributed by atoms with Crippen LogP contribution in [-0.4, -0.2) is 8.42 Å². The van der Waals surface area contributed by atoms with Crippen LogP contribution in [0.4, 0.5) is 5.69 Å². The second-order valence-electron chi connectivity index (χ2n) is 4.26. The lowest BCUT2D eigenvalue weighted by molar-refractivity contribution is 0.601. The number of benzene rings is 2. The van der Waals surface area contributed by atoms with Crippen molar-refractivity contribution in [3.8, 4) is 0 Å². The van der Waals surface area contributed by atoms with E-state index in [2.05, 4.69) is 68.4 Å². The van der Waals surface area contributed by atoms with Gasteiger partial charge in [0.25, 0.3) is 10.0 Å². The van der Waals surface area contributed by atoms with E-state index in [0.717, 1.165) is 14.5 Å². The molecule has 0 radical (unpaired) electrons. The van der Waals surface area contributed by atoms with Gasteiger partial charge in [0, 0.05) is 17.9 Å². The summed E-state index contributed by atoms with van der Waals surface area (Å²) < 4.78 is 30.5. The van der Waals surface area contributed by atoms with Crippen LogP contribution in [0.2, 0.25) is 0 Å². The zero-order valence-electron chi connectivity index (χ0n) is 10.6. The maximum absolute atomic E-state index is 12.5. The Labute approximate surface area is 157 Å². The first-order chi connectivity index (χ1) is 9.70. The van der Waals surface area contributed by atoms with E-state index in [4.69, 9.17) is 0 Å². The fourth-order valence-electron chi connectivity index (χ4n) is 1.62. The highest BCUT2D eigenvalue weighted by Crippen LogP contribution is 2.36. The van der Waals surface area contributed by atoms with Gasteiger partial charge < -0.3 is 0 Å². The first kappa shape index (κ1) is 17.5. The summed E-state index contributed by atoms with van der Waals surface area (Å²) in [5.74, 6) is 0. The van der Waals surface area contributed by atoms with E-state index in [1.165, 1.54) is 0 Å². The Morgan fingerprint density at radius 1 is 0.905 bits per heavy atom. The molecule has 21 heavy (non-hydrogen) atoms. The Bertz CT molecular complexity index is 783. The molecule has 0 spiro atoms. The number of anilines is 1. The van der Waals surface area contributed by atoms with Gasteiger partial charge in [-0.2, -0.15) is 0 Å². The maximum atomic E-state index is 12.5. The zero-order valence-corrected chi connectivity index (χ0v) is 17.8. The molecule has 0 heterocycles. The number of aryl methyl sites for hydroxylation is 1. The van der Waals surface area contributed by atoms with Crippen molar-refractivity contribution >= 4 is 79.4 Å². The Kier molecular flexibility index (Phi) is 5.57. The molecule has 0 aliphatic heterocycles. The van der Waals surface area contributed by atoms with Crippen LogP contribution in [0.15, 0.2) is 53.1 Å². The second-order valence-corrected chi connectivity index (χ2v) is 9.42. The van der Waals surface area contributed by atoms with Crippen molar-refractivity contribution in [3.05, 3.63) is 53.8 Å². The van der Waals surface area contributed by atoms with Crippen LogP contribution in [0.25, 0.3) is 0 Å². The molecule has 3 nitrogen and oxygen atoms in total. The number of halogens is 4. The third-order valence-corrected chi connectivity index (χ3v) is 6.63. The van der Waals surface area contributed by atoms with Gasteiger partial charge in [0.2, 0.25) is 0 Å². The van der Waals surface area contributed by atoms with Crippen LogP contribution in [-0.2, 0) is 10.0 Å². The number of nitrogens with one attached hydrogen (secondary N) is 1. The molecule has 0 atom stereocenters. The standard InChI is InChI=1S/C13H9Br4NO2S/c1-7-4-9(2-3-10(7)15)21(19,20)18-13-11(16)5-8(14)6-12(13)17/h2-6,18H,1H3. The molecule has 8 heteroatoms. The fraction of sp³-hybridized carbons (Fsp3) is 0.0769. The normalized spacial score (nSPS) is 11.5. The van der Waals surface area contributed by atoms with Crippen molar-refractivity contribution in [2.45, 2.75) is 11.8 Å². The van der Waals surface area contributed by atoms with Gasteiger partial charge >= 0.3 is 0 Å². The molecule has 0 bridgehead atoms. The summed E-state index contributed by atoms with van der Waals surface area (Å²) in [6, 6.07) is 8.44. The molecule has 2 aromatic carbocycles. The number of hydrogen-bond acceptors (Lipinski definition) is 2. The minimum absolute atomic E-state index is 0.213. The van der Waals surface area contributed by atoms with E-state index < -0.39 is 10.0 Å². The highest BCUT2D eigenvalue weighted by atomic mass is 79.9. The monoisotopic (exact) mass is 559 g/mol. The van der Waals surface area contributed by atoms with Crippen molar-refractivity contribution in [3.63, 3.8) is 0 Å². The smallest absolute Gasteiger partial charge is 0.261 e. The number of rotatable bonds is 3. The van der Waals surface area contributed by atoms with E-state index in [-0.39, 0.29) is 4.90 Å². The Balaban J connectivity index is 2.44. The van der Waals surface area contributed by atoms with Gasteiger partial charge in [-0.25, -0.2) is 8.42 Å². The average molecular weight is 563 g/mol. The molecular weight excluding hydrogens is 554 g/mol. The first-order valence-corrected chi connectivity index (χ1v) is 10.3. The Morgan fingerprint density at radius 2 is 1.48 bits per heavy atom. The molecule has 0 aromatic heterocycles. The molecule has 112 valence electrons.